The normalized spacial score (nSPS) is 12.9. The average molecular weight is 360 g/mol. The lowest BCUT2D eigenvalue weighted by molar-refractivity contribution is -0.383. The molecule has 0 unspecified atom stereocenters. The van der Waals surface area contributed by atoms with Gasteiger partial charge in [0.1, 0.15) is 12.2 Å². The first-order valence-electron chi connectivity index (χ1n) is 7.07. The number of nitro benzene ring substituents is 1. The second-order valence-electron chi connectivity index (χ2n) is 5.21. The van der Waals surface area contributed by atoms with Crippen LogP contribution in [0.15, 0.2) is 42.5 Å². The lowest BCUT2D eigenvalue weighted by atomic mass is 10.1. The molecule has 3 amide bonds. The Kier molecular flexibility index (Phi) is 4.20. The molecule has 25 heavy (non-hydrogen) atoms. The van der Waals surface area contributed by atoms with Gasteiger partial charge in [0, 0.05) is 11.1 Å². The number of imide groups is 1. The number of benzene rings is 2. The number of anilines is 1. The van der Waals surface area contributed by atoms with E-state index in [1.807, 2.05) is 0 Å². The molecule has 0 atom stereocenters. The third kappa shape index (κ3) is 3.07. The van der Waals surface area contributed by atoms with Crippen LogP contribution in [0.2, 0.25) is 5.02 Å². The van der Waals surface area contributed by atoms with Crippen molar-refractivity contribution < 1.29 is 19.3 Å². The zero-order valence-electron chi connectivity index (χ0n) is 12.6. The van der Waals surface area contributed by atoms with Gasteiger partial charge in [0.2, 0.25) is 5.91 Å². The minimum Gasteiger partial charge on any atom is -0.319 e. The average Bonchev–Trinajstić information content (AvgIpc) is 2.82. The third-order valence-electron chi connectivity index (χ3n) is 3.61. The molecule has 0 aliphatic carbocycles. The Morgan fingerprint density at radius 1 is 1.12 bits per heavy atom. The number of nitrogens with one attached hydrogen (secondary N) is 1. The van der Waals surface area contributed by atoms with Crippen LogP contribution in [0.1, 0.15) is 20.7 Å². The summed E-state index contributed by atoms with van der Waals surface area (Å²) in [6.07, 6.45) is 0. The topological polar surface area (TPSA) is 110 Å². The van der Waals surface area contributed by atoms with Gasteiger partial charge in [0.25, 0.3) is 17.5 Å². The van der Waals surface area contributed by atoms with Gasteiger partial charge in [0.05, 0.1) is 16.1 Å². The van der Waals surface area contributed by atoms with Crippen molar-refractivity contribution in [1.82, 2.24) is 4.90 Å². The summed E-state index contributed by atoms with van der Waals surface area (Å²) in [6, 6.07) is 9.98. The summed E-state index contributed by atoms with van der Waals surface area (Å²) >= 11 is 5.71. The molecule has 0 fully saturated rings. The summed E-state index contributed by atoms with van der Waals surface area (Å²) in [7, 11) is 0. The fourth-order valence-corrected chi connectivity index (χ4v) is 2.64. The van der Waals surface area contributed by atoms with Crippen molar-refractivity contribution in [3.8, 4) is 0 Å². The highest BCUT2D eigenvalue weighted by atomic mass is 35.5. The van der Waals surface area contributed by atoms with E-state index < -0.39 is 29.2 Å². The maximum absolute atomic E-state index is 12.2. The summed E-state index contributed by atoms with van der Waals surface area (Å²) in [6.45, 7) is -0.549. The van der Waals surface area contributed by atoms with Crippen LogP contribution in [0.3, 0.4) is 0 Å². The smallest absolute Gasteiger partial charge is 0.294 e. The third-order valence-corrected chi connectivity index (χ3v) is 3.85. The number of fused-ring (bicyclic) bond motifs is 1. The van der Waals surface area contributed by atoms with Crippen LogP contribution >= 0.6 is 11.6 Å². The molecular formula is C16H10ClN3O5. The molecule has 0 radical (unpaired) electrons. The molecular weight excluding hydrogens is 350 g/mol. The lowest BCUT2D eigenvalue weighted by Crippen LogP contribution is -2.37. The molecule has 2 aromatic rings. The van der Waals surface area contributed by atoms with Gasteiger partial charge in [-0.15, -0.1) is 0 Å². The summed E-state index contributed by atoms with van der Waals surface area (Å²) in [5.74, 6) is -1.90. The number of carbonyl (C=O) groups excluding carboxylic acids is 3. The molecule has 1 aliphatic rings. The van der Waals surface area contributed by atoms with Crippen LogP contribution in [-0.4, -0.2) is 34.1 Å². The van der Waals surface area contributed by atoms with Crippen molar-refractivity contribution in [1.29, 1.82) is 0 Å². The van der Waals surface area contributed by atoms with E-state index in [0.29, 0.717) is 0 Å². The molecule has 126 valence electrons. The zero-order chi connectivity index (χ0) is 18.1. The highest BCUT2D eigenvalue weighted by molar-refractivity contribution is 6.31. The highest BCUT2D eigenvalue weighted by Gasteiger charge is 2.36. The van der Waals surface area contributed by atoms with Crippen LogP contribution in [0, 0.1) is 10.1 Å². The molecule has 0 spiro atoms. The Hall–Kier alpha value is -3.26. The summed E-state index contributed by atoms with van der Waals surface area (Å²) in [5.41, 5.74) is -0.0187. The molecule has 0 bridgehead atoms. The first kappa shape index (κ1) is 16.6. The second-order valence-corrected chi connectivity index (χ2v) is 5.65. The maximum Gasteiger partial charge on any atom is 0.294 e. The fraction of sp³-hybridized carbons (Fsp3) is 0.0625. The molecule has 1 heterocycles. The van der Waals surface area contributed by atoms with E-state index in [9.17, 15) is 24.5 Å². The Labute approximate surface area is 146 Å². The molecule has 3 rings (SSSR count). The van der Waals surface area contributed by atoms with Crippen LogP contribution in [0.4, 0.5) is 11.4 Å². The number of nitro groups is 1. The lowest BCUT2D eigenvalue weighted by Gasteiger charge is -2.13. The van der Waals surface area contributed by atoms with Crippen molar-refractivity contribution in [3.63, 3.8) is 0 Å². The van der Waals surface area contributed by atoms with Gasteiger partial charge >= 0.3 is 0 Å². The largest absolute Gasteiger partial charge is 0.319 e. The van der Waals surface area contributed by atoms with E-state index in [2.05, 4.69) is 5.32 Å². The molecule has 0 saturated heterocycles. The predicted octanol–water partition coefficient (Wildman–Crippen LogP) is 2.48. The Morgan fingerprint density at radius 2 is 1.72 bits per heavy atom. The Morgan fingerprint density at radius 3 is 2.28 bits per heavy atom. The minimum absolute atomic E-state index is 0.0731. The van der Waals surface area contributed by atoms with Crippen molar-refractivity contribution in [2.75, 3.05) is 11.9 Å². The fourth-order valence-electron chi connectivity index (χ4n) is 2.48. The minimum atomic E-state index is -0.736. The first-order valence-corrected chi connectivity index (χ1v) is 7.45. The Balaban J connectivity index is 1.78. The number of hydrogen-bond donors (Lipinski definition) is 1. The van der Waals surface area contributed by atoms with Crippen molar-refractivity contribution in [3.05, 3.63) is 68.7 Å². The van der Waals surface area contributed by atoms with Gasteiger partial charge in [-0.3, -0.25) is 29.4 Å². The zero-order valence-corrected chi connectivity index (χ0v) is 13.3. The summed E-state index contributed by atoms with van der Waals surface area (Å²) in [4.78, 5) is 47.7. The summed E-state index contributed by atoms with van der Waals surface area (Å²) < 4.78 is 0. The molecule has 9 heteroatoms. The molecule has 2 aromatic carbocycles. The van der Waals surface area contributed by atoms with E-state index in [1.165, 1.54) is 24.3 Å². The number of nitrogens with zero attached hydrogens (tertiary/aromatic N) is 2. The van der Waals surface area contributed by atoms with E-state index >= 15 is 0 Å². The summed E-state index contributed by atoms with van der Waals surface area (Å²) in [5, 5.41) is 13.5. The van der Waals surface area contributed by atoms with Gasteiger partial charge < -0.3 is 5.32 Å². The number of amides is 3. The standard InChI is InChI=1S/C16H10ClN3O5/c17-9-5-6-12(13(7-9)20(24)25)18-14(21)8-19-15(22)10-3-1-2-4-11(10)16(19)23/h1-7H,8H2,(H,18,21). The van der Waals surface area contributed by atoms with Gasteiger partial charge in [0.15, 0.2) is 0 Å². The van der Waals surface area contributed by atoms with Crippen LogP contribution in [-0.2, 0) is 4.79 Å². The monoisotopic (exact) mass is 359 g/mol. The van der Waals surface area contributed by atoms with E-state index in [0.717, 1.165) is 11.0 Å². The molecule has 1 N–H and O–H groups in total. The number of rotatable bonds is 4. The van der Waals surface area contributed by atoms with Crippen LogP contribution in [0.25, 0.3) is 0 Å². The van der Waals surface area contributed by atoms with Gasteiger partial charge in [-0.25, -0.2) is 0 Å². The SMILES string of the molecule is O=C(CN1C(=O)c2ccccc2C1=O)Nc1ccc(Cl)cc1[N+](=O)[O-]. The number of halogens is 1. The van der Waals surface area contributed by atoms with Crippen molar-refractivity contribution in [2.45, 2.75) is 0 Å². The number of carbonyl (C=O) groups is 3. The van der Waals surface area contributed by atoms with Crippen molar-refractivity contribution >= 4 is 40.7 Å². The molecule has 0 saturated carbocycles. The van der Waals surface area contributed by atoms with Crippen LogP contribution < -0.4 is 5.32 Å². The maximum atomic E-state index is 12.2. The van der Waals surface area contributed by atoms with E-state index in [4.69, 9.17) is 11.6 Å². The number of hydrogen-bond acceptors (Lipinski definition) is 5. The van der Waals surface area contributed by atoms with E-state index in [-0.39, 0.29) is 27.5 Å². The second kappa shape index (κ2) is 6.33. The highest BCUT2D eigenvalue weighted by Crippen LogP contribution is 2.28. The molecule has 0 aromatic heterocycles. The first-order chi connectivity index (χ1) is 11.9. The predicted molar refractivity (Wildman–Crippen MR) is 88.5 cm³/mol. The molecule has 8 nitrogen and oxygen atoms in total. The van der Waals surface area contributed by atoms with Crippen LogP contribution in [0.5, 0.6) is 0 Å². The Bertz CT molecular complexity index is 893. The quantitative estimate of drug-likeness (QED) is 0.512. The van der Waals surface area contributed by atoms with Crippen molar-refractivity contribution in [2.24, 2.45) is 0 Å². The molecule has 1 aliphatic heterocycles. The van der Waals surface area contributed by atoms with Gasteiger partial charge in [-0.2, -0.15) is 0 Å². The van der Waals surface area contributed by atoms with Gasteiger partial charge in [-0.1, -0.05) is 23.7 Å². The van der Waals surface area contributed by atoms with E-state index in [1.54, 1.807) is 12.1 Å². The van der Waals surface area contributed by atoms with Gasteiger partial charge in [-0.05, 0) is 24.3 Å².